The Labute approximate surface area is 154 Å². The van der Waals surface area contributed by atoms with E-state index in [4.69, 9.17) is 0 Å². The zero-order chi connectivity index (χ0) is 17.6. The van der Waals surface area contributed by atoms with Gasteiger partial charge in [-0.1, -0.05) is 42.1 Å². The van der Waals surface area contributed by atoms with Crippen LogP contribution in [0.15, 0.2) is 47.5 Å². The molecular formula is C18H18N4OS2. The summed E-state index contributed by atoms with van der Waals surface area (Å²) < 4.78 is 0. The van der Waals surface area contributed by atoms with E-state index in [1.54, 1.807) is 11.3 Å². The molecule has 0 spiro atoms. The number of thiazole rings is 1. The summed E-state index contributed by atoms with van der Waals surface area (Å²) in [6.07, 6.45) is 0. The fourth-order valence-corrected chi connectivity index (χ4v) is 3.80. The molecule has 0 aliphatic carbocycles. The number of carbonyl (C=O) groups is 1. The largest absolute Gasteiger partial charge is 0.351 e. The molecule has 2 heterocycles. The second-order valence-electron chi connectivity index (χ2n) is 5.46. The predicted octanol–water partition coefficient (Wildman–Crippen LogP) is 3.63. The predicted molar refractivity (Wildman–Crippen MR) is 102 cm³/mol. The average Bonchev–Trinajstić information content (AvgIpc) is 2.98. The molecule has 5 nitrogen and oxygen atoms in total. The first-order chi connectivity index (χ1) is 12.1. The molecule has 0 aliphatic rings. The van der Waals surface area contributed by atoms with Crippen LogP contribution < -0.4 is 5.32 Å². The molecule has 0 atom stereocenters. The fraction of sp³-hybridized carbons (Fsp3) is 0.222. The van der Waals surface area contributed by atoms with Crippen molar-refractivity contribution in [3.05, 3.63) is 58.7 Å². The maximum atomic E-state index is 11.9. The van der Waals surface area contributed by atoms with Gasteiger partial charge in [-0.15, -0.1) is 21.5 Å². The van der Waals surface area contributed by atoms with E-state index < -0.39 is 0 Å². The lowest BCUT2D eigenvalue weighted by Crippen LogP contribution is -2.24. The van der Waals surface area contributed by atoms with Crippen molar-refractivity contribution in [1.29, 1.82) is 0 Å². The summed E-state index contributed by atoms with van der Waals surface area (Å²) in [5, 5.41) is 13.1. The summed E-state index contributed by atoms with van der Waals surface area (Å²) in [4.78, 5) is 17.4. The van der Waals surface area contributed by atoms with Crippen molar-refractivity contribution in [2.75, 3.05) is 5.75 Å². The van der Waals surface area contributed by atoms with Crippen LogP contribution in [0.5, 0.6) is 0 Å². The Balaban J connectivity index is 1.51. The van der Waals surface area contributed by atoms with Crippen LogP contribution in [0.3, 0.4) is 0 Å². The number of hydrogen-bond acceptors (Lipinski definition) is 6. The quantitative estimate of drug-likeness (QED) is 0.671. The van der Waals surface area contributed by atoms with E-state index in [-0.39, 0.29) is 5.91 Å². The van der Waals surface area contributed by atoms with Gasteiger partial charge in [0.25, 0.3) is 0 Å². The molecule has 128 valence electrons. The van der Waals surface area contributed by atoms with Gasteiger partial charge < -0.3 is 5.32 Å². The molecule has 0 bridgehead atoms. The number of benzene rings is 1. The molecule has 1 N–H and O–H groups in total. The van der Waals surface area contributed by atoms with Crippen molar-refractivity contribution < 1.29 is 4.79 Å². The van der Waals surface area contributed by atoms with Gasteiger partial charge in [-0.25, -0.2) is 4.98 Å². The molecule has 0 saturated carbocycles. The number of rotatable bonds is 6. The lowest BCUT2D eigenvalue weighted by molar-refractivity contribution is -0.118. The Morgan fingerprint density at radius 1 is 1.12 bits per heavy atom. The number of hydrogen-bond donors (Lipinski definition) is 1. The smallest absolute Gasteiger partial charge is 0.230 e. The fourth-order valence-electron chi connectivity index (χ4n) is 2.27. The molecule has 1 amide bonds. The third-order valence-corrected chi connectivity index (χ3v) is 5.48. The van der Waals surface area contributed by atoms with Gasteiger partial charge in [-0.3, -0.25) is 4.79 Å². The van der Waals surface area contributed by atoms with Crippen LogP contribution in [0.2, 0.25) is 0 Å². The highest BCUT2D eigenvalue weighted by molar-refractivity contribution is 7.99. The van der Waals surface area contributed by atoms with Gasteiger partial charge >= 0.3 is 0 Å². The Morgan fingerprint density at radius 3 is 2.56 bits per heavy atom. The molecule has 0 saturated heterocycles. The van der Waals surface area contributed by atoms with Gasteiger partial charge in [0.15, 0.2) is 0 Å². The number of aromatic nitrogens is 3. The second-order valence-corrected chi connectivity index (χ2v) is 7.65. The summed E-state index contributed by atoms with van der Waals surface area (Å²) in [5.74, 6) is 0.299. The summed E-state index contributed by atoms with van der Waals surface area (Å²) >= 11 is 2.99. The van der Waals surface area contributed by atoms with Gasteiger partial charge in [0, 0.05) is 6.54 Å². The normalized spacial score (nSPS) is 10.6. The first kappa shape index (κ1) is 17.6. The van der Waals surface area contributed by atoms with Crippen LogP contribution in [0.4, 0.5) is 0 Å². The first-order valence-corrected chi connectivity index (χ1v) is 9.63. The Hall–Kier alpha value is -2.25. The van der Waals surface area contributed by atoms with E-state index in [9.17, 15) is 4.79 Å². The molecule has 2 aromatic heterocycles. The van der Waals surface area contributed by atoms with Gasteiger partial charge in [-0.05, 0) is 31.5 Å². The highest BCUT2D eigenvalue weighted by Crippen LogP contribution is 2.28. The van der Waals surface area contributed by atoms with Crippen LogP contribution in [-0.4, -0.2) is 26.8 Å². The maximum absolute atomic E-state index is 11.9. The minimum atomic E-state index is -0.0198. The van der Waals surface area contributed by atoms with E-state index >= 15 is 0 Å². The molecule has 3 aromatic rings. The van der Waals surface area contributed by atoms with Crippen LogP contribution in [0, 0.1) is 13.8 Å². The lowest BCUT2D eigenvalue weighted by atomic mass is 10.2. The third kappa shape index (κ3) is 4.87. The van der Waals surface area contributed by atoms with Crippen molar-refractivity contribution >= 4 is 29.0 Å². The van der Waals surface area contributed by atoms with E-state index in [0.29, 0.717) is 12.3 Å². The molecule has 0 unspecified atom stereocenters. The number of nitrogens with zero attached hydrogens (tertiary/aromatic N) is 3. The molecule has 0 aliphatic heterocycles. The van der Waals surface area contributed by atoms with Gasteiger partial charge in [0.1, 0.15) is 10.7 Å². The Kier molecular flexibility index (Phi) is 5.78. The monoisotopic (exact) mass is 370 g/mol. The number of nitrogens with one attached hydrogen (secondary N) is 1. The summed E-state index contributed by atoms with van der Waals surface area (Å²) in [6.45, 7) is 4.49. The van der Waals surface area contributed by atoms with Crippen molar-refractivity contribution in [2.45, 2.75) is 25.4 Å². The number of thioether (sulfide) groups is 1. The Bertz CT molecular complexity index is 847. The number of amides is 1. The standard InChI is InChI=1S/C18H18N4OS2/c1-12-18(25-13(2)20-12)15-8-9-17(22-21-15)24-11-16(23)19-10-14-6-4-3-5-7-14/h3-9H,10-11H2,1-2H3,(H,19,23). The van der Waals surface area contributed by atoms with Crippen LogP contribution in [0.25, 0.3) is 10.6 Å². The SMILES string of the molecule is Cc1nc(C)c(-c2ccc(SCC(=O)NCc3ccccc3)nn2)s1. The molecule has 7 heteroatoms. The van der Waals surface area contributed by atoms with Crippen LogP contribution >= 0.6 is 23.1 Å². The highest BCUT2D eigenvalue weighted by atomic mass is 32.2. The summed E-state index contributed by atoms with van der Waals surface area (Å²) in [5.41, 5.74) is 2.87. The maximum Gasteiger partial charge on any atom is 0.230 e. The zero-order valence-electron chi connectivity index (χ0n) is 14.0. The molecule has 3 rings (SSSR count). The lowest BCUT2D eigenvalue weighted by Gasteiger charge is -2.05. The molecule has 25 heavy (non-hydrogen) atoms. The van der Waals surface area contributed by atoms with Crippen LogP contribution in [-0.2, 0) is 11.3 Å². The van der Waals surface area contributed by atoms with Gasteiger partial charge in [0.05, 0.1) is 21.3 Å². The molecular weight excluding hydrogens is 352 g/mol. The van der Waals surface area contributed by atoms with Gasteiger partial charge in [-0.2, -0.15) is 0 Å². The van der Waals surface area contributed by atoms with Crippen LogP contribution in [0.1, 0.15) is 16.3 Å². The molecule has 1 aromatic carbocycles. The topological polar surface area (TPSA) is 67.8 Å². The van der Waals surface area contributed by atoms with Crippen molar-refractivity contribution in [3.8, 4) is 10.6 Å². The van der Waals surface area contributed by atoms with E-state index in [2.05, 4.69) is 20.5 Å². The summed E-state index contributed by atoms with van der Waals surface area (Å²) in [7, 11) is 0. The summed E-state index contributed by atoms with van der Waals surface area (Å²) in [6, 6.07) is 13.7. The van der Waals surface area contributed by atoms with E-state index in [1.807, 2.05) is 56.3 Å². The van der Waals surface area contributed by atoms with Crippen molar-refractivity contribution in [3.63, 3.8) is 0 Å². The first-order valence-electron chi connectivity index (χ1n) is 7.83. The third-order valence-electron chi connectivity index (χ3n) is 3.46. The minimum Gasteiger partial charge on any atom is -0.351 e. The minimum absolute atomic E-state index is 0.0198. The highest BCUT2D eigenvalue weighted by Gasteiger charge is 2.10. The second kappa shape index (κ2) is 8.22. The number of carbonyl (C=O) groups excluding carboxylic acids is 1. The average molecular weight is 371 g/mol. The molecule has 0 fully saturated rings. The molecule has 0 radical (unpaired) electrons. The van der Waals surface area contributed by atoms with Crippen molar-refractivity contribution in [2.24, 2.45) is 0 Å². The van der Waals surface area contributed by atoms with E-state index in [1.165, 1.54) is 11.8 Å². The zero-order valence-corrected chi connectivity index (χ0v) is 15.7. The Morgan fingerprint density at radius 2 is 1.92 bits per heavy atom. The number of aryl methyl sites for hydroxylation is 2. The van der Waals surface area contributed by atoms with E-state index in [0.717, 1.165) is 31.9 Å². The van der Waals surface area contributed by atoms with Crippen molar-refractivity contribution in [1.82, 2.24) is 20.5 Å². The van der Waals surface area contributed by atoms with Gasteiger partial charge in [0.2, 0.25) is 5.91 Å².